The second-order valence-corrected chi connectivity index (χ2v) is 4.14. The van der Waals surface area contributed by atoms with Gasteiger partial charge in [0.05, 0.1) is 0 Å². The molecule has 0 radical (unpaired) electrons. The van der Waals surface area contributed by atoms with Crippen LogP contribution >= 0.6 is 0 Å². The molecule has 1 aromatic rings. The van der Waals surface area contributed by atoms with E-state index in [4.69, 9.17) is 5.11 Å². The maximum absolute atomic E-state index is 12.3. The second kappa shape index (κ2) is 5.99. The Kier molecular flexibility index (Phi) is 4.89. The van der Waals surface area contributed by atoms with Crippen LogP contribution in [0.2, 0.25) is 0 Å². The Morgan fingerprint density at radius 3 is 2.33 bits per heavy atom. The molecule has 18 heavy (non-hydrogen) atoms. The SMILES string of the molecule is CC(C)N(CCCO)c1ccc(C(F)(F)F)nn1. The van der Waals surface area contributed by atoms with Crippen molar-refractivity contribution in [3.63, 3.8) is 0 Å². The van der Waals surface area contributed by atoms with Crippen molar-refractivity contribution in [2.75, 3.05) is 18.1 Å². The van der Waals surface area contributed by atoms with Gasteiger partial charge in [-0.3, -0.25) is 0 Å². The van der Waals surface area contributed by atoms with E-state index in [1.807, 2.05) is 13.8 Å². The van der Waals surface area contributed by atoms with Crippen LogP contribution in [-0.4, -0.2) is 34.5 Å². The molecule has 1 aromatic heterocycles. The van der Waals surface area contributed by atoms with E-state index in [0.717, 1.165) is 6.07 Å². The zero-order chi connectivity index (χ0) is 13.8. The first-order chi connectivity index (χ1) is 8.36. The van der Waals surface area contributed by atoms with Crippen molar-refractivity contribution in [2.24, 2.45) is 0 Å². The number of hydrogen-bond acceptors (Lipinski definition) is 4. The highest BCUT2D eigenvalue weighted by atomic mass is 19.4. The monoisotopic (exact) mass is 263 g/mol. The van der Waals surface area contributed by atoms with Crippen LogP contribution in [0.4, 0.5) is 19.0 Å². The standard InChI is InChI=1S/C11H16F3N3O/c1-8(2)17(6-3-7-18)10-5-4-9(15-16-10)11(12,13)14/h4-5,8,18H,3,6-7H2,1-2H3. The molecule has 0 amide bonds. The Morgan fingerprint density at radius 1 is 1.28 bits per heavy atom. The predicted octanol–water partition coefficient (Wildman–Crippen LogP) is 2.09. The lowest BCUT2D eigenvalue weighted by molar-refractivity contribution is -0.141. The quantitative estimate of drug-likeness (QED) is 0.883. The number of anilines is 1. The largest absolute Gasteiger partial charge is 0.435 e. The molecule has 0 aliphatic rings. The summed E-state index contributed by atoms with van der Waals surface area (Å²) in [7, 11) is 0. The number of hydrogen-bond donors (Lipinski definition) is 1. The second-order valence-electron chi connectivity index (χ2n) is 4.14. The van der Waals surface area contributed by atoms with Crippen LogP contribution in [0.15, 0.2) is 12.1 Å². The van der Waals surface area contributed by atoms with Gasteiger partial charge in [0.25, 0.3) is 0 Å². The zero-order valence-electron chi connectivity index (χ0n) is 10.3. The van der Waals surface area contributed by atoms with Gasteiger partial charge in [-0.2, -0.15) is 13.2 Å². The van der Waals surface area contributed by atoms with Gasteiger partial charge in [0.2, 0.25) is 0 Å². The van der Waals surface area contributed by atoms with Crippen molar-refractivity contribution < 1.29 is 18.3 Å². The zero-order valence-corrected chi connectivity index (χ0v) is 10.3. The van der Waals surface area contributed by atoms with E-state index in [1.165, 1.54) is 6.07 Å². The van der Waals surface area contributed by atoms with E-state index in [0.29, 0.717) is 18.8 Å². The molecular formula is C11H16F3N3O. The first-order valence-electron chi connectivity index (χ1n) is 5.64. The molecule has 1 rings (SSSR count). The average molecular weight is 263 g/mol. The third-order valence-corrected chi connectivity index (χ3v) is 2.42. The van der Waals surface area contributed by atoms with Crippen molar-refractivity contribution in [1.29, 1.82) is 0 Å². The van der Waals surface area contributed by atoms with Crippen LogP contribution in [0.3, 0.4) is 0 Å². The van der Waals surface area contributed by atoms with Crippen LogP contribution in [0.1, 0.15) is 26.0 Å². The molecule has 0 spiro atoms. The van der Waals surface area contributed by atoms with Crippen LogP contribution < -0.4 is 4.90 Å². The van der Waals surface area contributed by atoms with Gasteiger partial charge in [0, 0.05) is 19.2 Å². The molecule has 1 N–H and O–H groups in total. The Balaban J connectivity index is 2.87. The summed E-state index contributed by atoms with van der Waals surface area (Å²) in [5.74, 6) is 0.381. The van der Waals surface area contributed by atoms with Crippen LogP contribution in [0.5, 0.6) is 0 Å². The fraction of sp³-hybridized carbons (Fsp3) is 0.636. The first kappa shape index (κ1) is 14.7. The highest BCUT2D eigenvalue weighted by Gasteiger charge is 2.33. The molecule has 0 aliphatic carbocycles. The van der Waals surface area contributed by atoms with Crippen LogP contribution in [0.25, 0.3) is 0 Å². The summed E-state index contributed by atoms with van der Waals surface area (Å²) in [6.45, 7) is 4.35. The molecule has 0 unspecified atom stereocenters. The maximum atomic E-state index is 12.3. The summed E-state index contributed by atoms with van der Waals surface area (Å²) < 4.78 is 37.0. The summed E-state index contributed by atoms with van der Waals surface area (Å²) in [6.07, 6.45) is -3.94. The third-order valence-electron chi connectivity index (χ3n) is 2.42. The summed E-state index contributed by atoms with van der Waals surface area (Å²) in [6, 6.07) is 2.28. The summed E-state index contributed by atoms with van der Waals surface area (Å²) in [5.41, 5.74) is -1.00. The number of halogens is 3. The van der Waals surface area contributed by atoms with Gasteiger partial charge >= 0.3 is 6.18 Å². The molecule has 0 aromatic carbocycles. The number of aromatic nitrogens is 2. The predicted molar refractivity (Wildman–Crippen MR) is 61.2 cm³/mol. The molecule has 0 atom stereocenters. The Morgan fingerprint density at radius 2 is 1.94 bits per heavy atom. The fourth-order valence-corrected chi connectivity index (χ4v) is 1.51. The number of rotatable bonds is 5. The summed E-state index contributed by atoms with van der Waals surface area (Å²) >= 11 is 0. The minimum atomic E-state index is -4.47. The molecule has 7 heteroatoms. The van der Waals surface area contributed by atoms with E-state index in [9.17, 15) is 13.2 Å². The number of alkyl halides is 3. The highest BCUT2D eigenvalue weighted by Crippen LogP contribution is 2.27. The maximum Gasteiger partial charge on any atom is 0.435 e. The van der Waals surface area contributed by atoms with Crippen molar-refractivity contribution >= 4 is 5.82 Å². The molecule has 0 bridgehead atoms. The van der Waals surface area contributed by atoms with Crippen molar-refractivity contribution in [3.05, 3.63) is 17.8 Å². The number of aliphatic hydroxyl groups excluding tert-OH is 1. The van der Waals surface area contributed by atoms with Gasteiger partial charge in [0.1, 0.15) is 0 Å². The average Bonchev–Trinajstić information content (AvgIpc) is 2.28. The molecule has 0 saturated carbocycles. The van der Waals surface area contributed by atoms with Crippen molar-refractivity contribution in [1.82, 2.24) is 10.2 Å². The minimum Gasteiger partial charge on any atom is -0.396 e. The Hall–Kier alpha value is -1.37. The van der Waals surface area contributed by atoms with Gasteiger partial charge in [-0.15, -0.1) is 10.2 Å². The molecular weight excluding hydrogens is 247 g/mol. The van der Waals surface area contributed by atoms with Crippen molar-refractivity contribution in [2.45, 2.75) is 32.5 Å². The summed E-state index contributed by atoms with van der Waals surface area (Å²) in [5, 5.41) is 15.6. The summed E-state index contributed by atoms with van der Waals surface area (Å²) in [4.78, 5) is 1.80. The topological polar surface area (TPSA) is 49.2 Å². The molecule has 1 heterocycles. The van der Waals surface area contributed by atoms with E-state index >= 15 is 0 Å². The van der Waals surface area contributed by atoms with Crippen LogP contribution in [-0.2, 0) is 6.18 Å². The van der Waals surface area contributed by atoms with Gasteiger partial charge in [0.15, 0.2) is 11.5 Å². The third kappa shape index (κ3) is 3.83. The number of nitrogens with zero attached hydrogens (tertiary/aromatic N) is 3. The highest BCUT2D eigenvalue weighted by molar-refractivity contribution is 5.38. The lowest BCUT2D eigenvalue weighted by Crippen LogP contribution is -2.33. The van der Waals surface area contributed by atoms with Crippen LogP contribution in [0, 0.1) is 0 Å². The van der Waals surface area contributed by atoms with Gasteiger partial charge in [-0.1, -0.05) is 0 Å². The first-order valence-corrected chi connectivity index (χ1v) is 5.64. The minimum absolute atomic E-state index is 0.0251. The normalized spacial score (nSPS) is 11.9. The van der Waals surface area contributed by atoms with E-state index in [-0.39, 0.29) is 12.6 Å². The smallest absolute Gasteiger partial charge is 0.396 e. The van der Waals surface area contributed by atoms with E-state index in [1.54, 1.807) is 4.90 Å². The lowest BCUT2D eigenvalue weighted by Gasteiger charge is -2.27. The van der Waals surface area contributed by atoms with Crippen molar-refractivity contribution in [3.8, 4) is 0 Å². The molecule has 0 fully saturated rings. The van der Waals surface area contributed by atoms with E-state index in [2.05, 4.69) is 10.2 Å². The number of aliphatic hydroxyl groups is 1. The molecule has 102 valence electrons. The van der Waals surface area contributed by atoms with E-state index < -0.39 is 11.9 Å². The molecule has 4 nitrogen and oxygen atoms in total. The van der Waals surface area contributed by atoms with Gasteiger partial charge in [-0.25, -0.2) is 0 Å². The molecule has 0 aliphatic heterocycles. The Labute approximate surface area is 103 Å². The van der Waals surface area contributed by atoms with Gasteiger partial charge < -0.3 is 10.0 Å². The Bertz CT molecular complexity index is 365. The fourth-order valence-electron chi connectivity index (χ4n) is 1.51. The molecule has 0 saturated heterocycles. The van der Waals surface area contributed by atoms with Gasteiger partial charge in [-0.05, 0) is 32.4 Å². The lowest BCUT2D eigenvalue weighted by atomic mass is 10.2.